The SMILES string of the molecule is Nc1ncnc2c1c(-c1cccc(OCC34CCC(CC3)O4)c1)cn2C1CC(CN2CC3CC2CS3)C1. The predicted molar refractivity (Wildman–Crippen MR) is 147 cm³/mol. The van der Waals surface area contributed by atoms with Gasteiger partial charge in [0.2, 0.25) is 0 Å². The Morgan fingerprint density at radius 3 is 2.78 bits per heavy atom. The van der Waals surface area contributed by atoms with Gasteiger partial charge in [-0.3, -0.25) is 4.90 Å². The Morgan fingerprint density at radius 1 is 1.14 bits per heavy atom. The molecule has 6 heterocycles. The maximum atomic E-state index is 6.44. The fraction of sp³-hybridized carbons (Fsp3) is 0.586. The van der Waals surface area contributed by atoms with Gasteiger partial charge < -0.3 is 19.8 Å². The fourth-order valence-electron chi connectivity index (χ4n) is 7.57. The van der Waals surface area contributed by atoms with Crippen molar-refractivity contribution in [3.8, 4) is 16.9 Å². The molecule has 0 radical (unpaired) electrons. The Morgan fingerprint density at radius 2 is 2.03 bits per heavy atom. The molecule has 1 aliphatic carbocycles. The summed E-state index contributed by atoms with van der Waals surface area (Å²) in [7, 11) is 0. The molecule has 4 saturated heterocycles. The summed E-state index contributed by atoms with van der Waals surface area (Å²) in [6, 6.07) is 9.68. The standard InChI is InChI=1S/C29H35N5O2S/c30-27-26-25(19-2-1-3-23(10-19)35-16-29-6-4-22(36-29)5-7-29)14-34(28(26)32-17-31-27)20-8-18(9-20)12-33-13-24-11-21(33)15-37-24/h1-3,10,14,17-18,20-22,24H,4-9,11-13,15-16H2,(H2,30,31,32). The maximum Gasteiger partial charge on any atom is 0.146 e. The summed E-state index contributed by atoms with van der Waals surface area (Å²) in [5.41, 5.74) is 9.49. The van der Waals surface area contributed by atoms with Gasteiger partial charge in [0.25, 0.3) is 0 Å². The van der Waals surface area contributed by atoms with Gasteiger partial charge in [0.05, 0.1) is 11.5 Å². The molecule has 4 aliphatic heterocycles. The van der Waals surface area contributed by atoms with Gasteiger partial charge in [-0.2, -0.15) is 11.8 Å². The third kappa shape index (κ3) is 3.86. The van der Waals surface area contributed by atoms with Gasteiger partial charge in [-0.1, -0.05) is 12.1 Å². The Labute approximate surface area is 222 Å². The van der Waals surface area contributed by atoms with E-state index in [1.54, 1.807) is 6.33 Å². The number of benzene rings is 1. The van der Waals surface area contributed by atoms with Crippen molar-refractivity contribution in [3.05, 3.63) is 36.8 Å². The first-order valence-electron chi connectivity index (χ1n) is 14.0. The molecule has 8 rings (SSSR count). The van der Waals surface area contributed by atoms with E-state index in [0.29, 0.717) is 24.6 Å². The Balaban J connectivity index is 1.03. The summed E-state index contributed by atoms with van der Waals surface area (Å²) in [6.45, 7) is 3.18. The van der Waals surface area contributed by atoms with Crippen molar-refractivity contribution in [1.29, 1.82) is 0 Å². The molecular formula is C29H35N5O2S. The van der Waals surface area contributed by atoms with Crippen molar-refractivity contribution < 1.29 is 9.47 Å². The number of ether oxygens (including phenoxy) is 2. The van der Waals surface area contributed by atoms with Gasteiger partial charge in [0, 0.05) is 47.9 Å². The van der Waals surface area contributed by atoms with E-state index < -0.39 is 0 Å². The molecule has 4 bridgehead atoms. The largest absolute Gasteiger partial charge is 0.491 e. The number of hydrogen-bond acceptors (Lipinski definition) is 7. The third-order valence-electron chi connectivity index (χ3n) is 9.66. The van der Waals surface area contributed by atoms with Crippen LogP contribution in [0.3, 0.4) is 0 Å². The molecule has 0 amide bonds. The summed E-state index contributed by atoms with van der Waals surface area (Å²) in [5.74, 6) is 3.53. The van der Waals surface area contributed by atoms with Gasteiger partial charge in [0.1, 0.15) is 35.7 Å². The fourth-order valence-corrected chi connectivity index (χ4v) is 9.07. The van der Waals surface area contributed by atoms with E-state index in [0.717, 1.165) is 58.0 Å². The minimum atomic E-state index is -0.0802. The van der Waals surface area contributed by atoms with Crippen molar-refractivity contribution in [3.63, 3.8) is 0 Å². The predicted octanol–water partition coefficient (Wildman–Crippen LogP) is 4.91. The molecule has 2 unspecified atom stereocenters. The first kappa shape index (κ1) is 22.7. The highest BCUT2D eigenvalue weighted by Crippen LogP contribution is 2.46. The van der Waals surface area contributed by atoms with Gasteiger partial charge in [-0.05, 0) is 68.6 Å². The number of anilines is 1. The third-order valence-corrected chi connectivity index (χ3v) is 11.0. The van der Waals surface area contributed by atoms with Crippen LogP contribution in [0.4, 0.5) is 5.82 Å². The van der Waals surface area contributed by atoms with E-state index in [2.05, 4.69) is 50.6 Å². The second-order valence-electron chi connectivity index (χ2n) is 12.0. The molecule has 2 atom stereocenters. The summed E-state index contributed by atoms with van der Waals surface area (Å²) >= 11 is 2.18. The van der Waals surface area contributed by atoms with Crippen LogP contribution >= 0.6 is 11.8 Å². The summed E-state index contributed by atoms with van der Waals surface area (Å²) < 4.78 is 14.9. The average molecular weight is 518 g/mol. The first-order valence-corrected chi connectivity index (χ1v) is 15.1. The van der Waals surface area contributed by atoms with E-state index >= 15 is 0 Å². The minimum Gasteiger partial charge on any atom is -0.491 e. The Hall–Kier alpha value is -2.29. The zero-order valence-electron chi connectivity index (χ0n) is 21.2. The molecule has 37 heavy (non-hydrogen) atoms. The lowest BCUT2D eigenvalue weighted by molar-refractivity contribution is -0.0198. The second kappa shape index (κ2) is 8.61. The molecule has 3 aromatic rings. The van der Waals surface area contributed by atoms with Crippen LogP contribution in [0, 0.1) is 5.92 Å². The lowest BCUT2D eigenvalue weighted by Crippen LogP contribution is -2.41. The zero-order valence-corrected chi connectivity index (χ0v) is 22.0. The smallest absolute Gasteiger partial charge is 0.146 e. The number of aromatic nitrogens is 3. The number of rotatable bonds is 7. The quantitative estimate of drug-likeness (QED) is 0.477. The molecule has 2 aromatic heterocycles. The molecule has 8 heteroatoms. The summed E-state index contributed by atoms with van der Waals surface area (Å²) in [6.07, 6.45) is 12.7. The number of likely N-dealkylation sites (tertiary alicyclic amines) is 1. The van der Waals surface area contributed by atoms with Gasteiger partial charge in [0.15, 0.2) is 0 Å². The summed E-state index contributed by atoms with van der Waals surface area (Å²) in [4.78, 5) is 11.8. The highest BCUT2D eigenvalue weighted by atomic mass is 32.2. The van der Waals surface area contributed by atoms with E-state index in [-0.39, 0.29) is 5.60 Å². The summed E-state index contributed by atoms with van der Waals surface area (Å²) in [5, 5.41) is 1.84. The number of nitrogens with two attached hydrogens (primary N) is 1. The van der Waals surface area contributed by atoms with Gasteiger partial charge in [-0.25, -0.2) is 9.97 Å². The normalized spacial score (nSPS) is 34.4. The monoisotopic (exact) mass is 517 g/mol. The van der Waals surface area contributed by atoms with Crippen LogP contribution in [0.25, 0.3) is 22.2 Å². The van der Waals surface area contributed by atoms with Crippen LogP contribution in [0.1, 0.15) is 51.0 Å². The van der Waals surface area contributed by atoms with Crippen LogP contribution < -0.4 is 10.5 Å². The lowest BCUT2D eigenvalue weighted by atomic mass is 9.79. The highest BCUT2D eigenvalue weighted by molar-refractivity contribution is 8.00. The van der Waals surface area contributed by atoms with Crippen LogP contribution in [0.2, 0.25) is 0 Å². The molecule has 5 fully saturated rings. The van der Waals surface area contributed by atoms with E-state index in [9.17, 15) is 0 Å². The van der Waals surface area contributed by atoms with Crippen molar-refractivity contribution in [1.82, 2.24) is 19.4 Å². The minimum absolute atomic E-state index is 0.0802. The van der Waals surface area contributed by atoms with Gasteiger partial charge in [-0.15, -0.1) is 0 Å². The number of nitrogen functional groups attached to an aromatic ring is 1. The topological polar surface area (TPSA) is 78.4 Å². The molecule has 1 aromatic carbocycles. The van der Waals surface area contributed by atoms with E-state index in [1.807, 2.05) is 6.07 Å². The van der Waals surface area contributed by atoms with E-state index in [1.165, 1.54) is 50.9 Å². The molecule has 2 N–H and O–H groups in total. The maximum absolute atomic E-state index is 6.44. The van der Waals surface area contributed by atoms with Crippen LogP contribution in [-0.4, -0.2) is 67.9 Å². The molecular weight excluding hydrogens is 482 g/mol. The van der Waals surface area contributed by atoms with Gasteiger partial charge >= 0.3 is 0 Å². The Bertz CT molecular complexity index is 1330. The van der Waals surface area contributed by atoms with Crippen LogP contribution in [0.5, 0.6) is 5.75 Å². The zero-order chi connectivity index (χ0) is 24.6. The van der Waals surface area contributed by atoms with E-state index in [4.69, 9.17) is 20.2 Å². The molecule has 5 aliphatic rings. The first-order chi connectivity index (χ1) is 18.1. The lowest BCUT2D eigenvalue weighted by Gasteiger charge is -2.40. The molecule has 194 valence electrons. The molecule has 7 nitrogen and oxygen atoms in total. The average Bonchev–Trinajstić information content (AvgIpc) is 3.72. The Kier molecular flexibility index (Phi) is 5.28. The van der Waals surface area contributed by atoms with Crippen molar-refractivity contribution in [2.75, 3.05) is 31.2 Å². The van der Waals surface area contributed by atoms with Crippen molar-refractivity contribution in [2.45, 2.75) is 74.0 Å². The number of hydrogen-bond donors (Lipinski definition) is 1. The van der Waals surface area contributed by atoms with Crippen LogP contribution in [0.15, 0.2) is 36.8 Å². The number of nitrogens with zero attached hydrogens (tertiary/aromatic N) is 4. The molecule has 1 saturated carbocycles. The van der Waals surface area contributed by atoms with Crippen molar-refractivity contribution >= 4 is 28.6 Å². The van der Waals surface area contributed by atoms with Crippen molar-refractivity contribution in [2.24, 2.45) is 5.92 Å². The molecule has 0 spiro atoms. The number of thioether (sulfide) groups is 1. The number of fused-ring (bicyclic) bond motifs is 5. The highest BCUT2D eigenvalue weighted by Gasteiger charge is 2.47. The van der Waals surface area contributed by atoms with Crippen LogP contribution in [-0.2, 0) is 4.74 Å². The second-order valence-corrected chi connectivity index (χ2v) is 13.3.